The average molecular weight is 300 g/mol. The lowest BCUT2D eigenvalue weighted by Crippen LogP contribution is -2.53. The normalized spacial score (nSPS) is 27.5. The zero-order valence-electron chi connectivity index (χ0n) is 12.8. The number of carbonyl (C=O) groups excluding carboxylic acids is 1. The van der Waals surface area contributed by atoms with Crippen LogP contribution in [-0.2, 0) is 9.53 Å². The van der Waals surface area contributed by atoms with E-state index in [9.17, 15) is 4.79 Å². The Hall–Kier alpha value is -1.95. The molecule has 0 bridgehead atoms. The molecule has 116 valence electrons. The van der Waals surface area contributed by atoms with Crippen molar-refractivity contribution in [1.29, 1.82) is 0 Å². The maximum absolute atomic E-state index is 12.8. The maximum atomic E-state index is 12.8. The van der Waals surface area contributed by atoms with Crippen molar-refractivity contribution in [2.75, 3.05) is 33.3 Å². The van der Waals surface area contributed by atoms with E-state index in [4.69, 9.17) is 4.74 Å². The molecule has 6 nitrogen and oxygen atoms in total. The summed E-state index contributed by atoms with van der Waals surface area (Å²) in [6, 6.07) is 0.528. The Morgan fingerprint density at radius 2 is 2.18 bits per heavy atom. The minimum Gasteiger partial charge on any atom is -0.501 e. The van der Waals surface area contributed by atoms with Gasteiger partial charge in [0.2, 0.25) is 0 Å². The van der Waals surface area contributed by atoms with Gasteiger partial charge in [-0.3, -0.25) is 9.69 Å². The molecule has 3 aliphatic heterocycles. The van der Waals surface area contributed by atoms with Crippen molar-refractivity contribution in [3.8, 4) is 0 Å². The molecule has 0 aromatic heterocycles. The van der Waals surface area contributed by atoms with E-state index in [-0.39, 0.29) is 5.91 Å². The van der Waals surface area contributed by atoms with E-state index < -0.39 is 0 Å². The molecule has 0 N–H and O–H groups in total. The second-order valence-electron chi connectivity index (χ2n) is 6.17. The molecular formula is C16H20N4O2. The summed E-state index contributed by atoms with van der Waals surface area (Å²) >= 11 is 0. The summed E-state index contributed by atoms with van der Waals surface area (Å²) < 4.78 is 5.24. The first-order chi connectivity index (χ1) is 10.8. The largest absolute Gasteiger partial charge is 0.501 e. The highest BCUT2D eigenvalue weighted by molar-refractivity contribution is 6.53. The van der Waals surface area contributed by atoms with Gasteiger partial charge < -0.3 is 9.64 Å². The van der Waals surface area contributed by atoms with Crippen LogP contribution in [0.25, 0.3) is 0 Å². The minimum atomic E-state index is 0.0193. The fourth-order valence-electron chi connectivity index (χ4n) is 3.68. The topological polar surface area (TPSA) is 57.5 Å². The number of hydrogen-bond acceptors (Lipinski definition) is 5. The van der Waals surface area contributed by atoms with E-state index in [0.717, 1.165) is 36.7 Å². The number of carbonyl (C=O) groups is 1. The molecule has 22 heavy (non-hydrogen) atoms. The lowest BCUT2D eigenvalue weighted by molar-refractivity contribution is -0.126. The first-order valence-electron chi connectivity index (χ1n) is 7.89. The zero-order chi connectivity index (χ0) is 15.1. The molecular weight excluding hydrogens is 280 g/mol. The van der Waals surface area contributed by atoms with Gasteiger partial charge in [-0.2, -0.15) is 5.10 Å². The fraction of sp³-hybridized carbons (Fsp3) is 0.562. The summed E-state index contributed by atoms with van der Waals surface area (Å²) in [7, 11) is 1.65. The third-order valence-electron chi connectivity index (χ3n) is 4.95. The van der Waals surface area contributed by atoms with Gasteiger partial charge in [0.25, 0.3) is 5.91 Å². The highest BCUT2D eigenvalue weighted by Gasteiger charge is 2.36. The summed E-state index contributed by atoms with van der Waals surface area (Å²) in [6.45, 7) is 3.76. The van der Waals surface area contributed by atoms with Crippen molar-refractivity contribution in [2.24, 2.45) is 10.2 Å². The molecule has 1 aliphatic carbocycles. The van der Waals surface area contributed by atoms with Crippen LogP contribution in [0.2, 0.25) is 0 Å². The van der Waals surface area contributed by atoms with E-state index in [1.165, 1.54) is 19.4 Å². The van der Waals surface area contributed by atoms with Crippen molar-refractivity contribution < 1.29 is 9.53 Å². The van der Waals surface area contributed by atoms with Crippen LogP contribution < -0.4 is 0 Å². The second kappa shape index (κ2) is 5.35. The number of rotatable bonds is 2. The second-order valence-corrected chi connectivity index (χ2v) is 6.17. The van der Waals surface area contributed by atoms with Gasteiger partial charge in [0, 0.05) is 31.2 Å². The van der Waals surface area contributed by atoms with Gasteiger partial charge in [-0.15, -0.1) is 5.10 Å². The van der Waals surface area contributed by atoms with Gasteiger partial charge >= 0.3 is 0 Å². The highest BCUT2D eigenvalue weighted by atomic mass is 16.5. The highest BCUT2D eigenvalue weighted by Crippen LogP contribution is 2.25. The smallest absolute Gasteiger partial charge is 0.275 e. The predicted molar refractivity (Wildman–Crippen MR) is 83.8 cm³/mol. The van der Waals surface area contributed by atoms with Crippen molar-refractivity contribution in [2.45, 2.75) is 25.3 Å². The van der Waals surface area contributed by atoms with Crippen LogP contribution in [0.3, 0.4) is 0 Å². The summed E-state index contributed by atoms with van der Waals surface area (Å²) in [5.74, 6) is 0.872. The molecule has 0 aromatic rings. The Labute approximate surface area is 129 Å². The molecule has 2 fully saturated rings. The number of methoxy groups -OCH3 is 1. The van der Waals surface area contributed by atoms with Gasteiger partial charge in [-0.05, 0) is 31.5 Å². The van der Waals surface area contributed by atoms with Crippen molar-refractivity contribution in [3.63, 3.8) is 0 Å². The van der Waals surface area contributed by atoms with E-state index in [0.29, 0.717) is 18.2 Å². The summed E-state index contributed by atoms with van der Waals surface area (Å²) in [6.07, 6.45) is 6.85. The minimum absolute atomic E-state index is 0.0193. The Morgan fingerprint density at radius 1 is 1.27 bits per heavy atom. The lowest BCUT2D eigenvalue weighted by Gasteiger charge is -2.37. The Kier molecular flexibility index (Phi) is 3.33. The molecule has 4 rings (SSSR count). The molecule has 6 heteroatoms. The number of piperazine rings is 1. The van der Waals surface area contributed by atoms with E-state index >= 15 is 0 Å². The molecule has 0 saturated carbocycles. The van der Waals surface area contributed by atoms with Crippen LogP contribution in [0, 0.1) is 0 Å². The van der Waals surface area contributed by atoms with E-state index in [1.54, 1.807) is 7.11 Å². The van der Waals surface area contributed by atoms with Crippen LogP contribution in [0.5, 0.6) is 0 Å². The Morgan fingerprint density at radius 3 is 3.05 bits per heavy atom. The lowest BCUT2D eigenvalue weighted by atomic mass is 9.97. The third-order valence-corrected chi connectivity index (χ3v) is 4.95. The Balaban J connectivity index is 1.50. The average Bonchev–Trinajstić information content (AvgIpc) is 3.19. The number of hydrogen-bond donors (Lipinski definition) is 0. The predicted octanol–water partition coefficient (Wildman–Crippen LogP) is 0.964. The number of allylic oxidation sites excluding steroid dienone is 3. The van der Waals surface area contributed by atoms with Crippen LogP contribution in [0.15, 0.2) is 33.7 Å². The van der Waals surface area contributed by atoms with E-state index in [2.05, 4.69) is 15.1 Å². The monoisotopic (exact) mass is 300 g/mol. The van der Waals surface area contributed by atoms with Gasteiger partial charge in [0.05, 0.1) is 19.2 Å². The van der Waals surface area contributed by atoms with Gasteiger partial charge in [0.1, 0.15) is 5.76 Å². The zero-order valence-corrected chi connectivity index (χ0v) is 12.8. The summed E-state index contributed by atoms with van der Waals surface area (Å²) in [5, 5.41) is 8.33. The van der Waals surface area contributed by atoms with Crippen LogP contribution >= 0.6 is 0 Å². The molecule has 1 atom stereocenters. The summed E-state index contributed by atoms with van der Waals surface area (Å²) in [4.78, 5) is 17.2. The van der Waals surface area contributed by atoms with Gasteiger partial charge in [-0.1, -0.05) is 0 Å². The number of nitrogens with zero attached hydrogens (tertiary/aromatic N) is 4. The van der Waals surface area contributed by atoms with Crippen molar-refractivity contribution >= 4 is 17.3 Å². The maximum Gasteiger partial charge on any atom is 0.275 e. The van der Waals surface area contributed by atoms with Gasteiger partial charge in [-0.25, -0.2) is 0 Å². The standard InChI is InChI=1S/C16H20N4O2/c1-22-12-4-5-13-14(9-12)17-18-15(13)16(21)20-8-7-19-6-2-3-11(19)10-20/h4-5,11H,2-3,6-10H2,1H3. The molecule has 3 heterocycles. The number of amides is 1. The van der Waals surface area contributed by atoms with Crippen LogP contribution in [-0.4, -0.2) is 66.5 Å². The number of fused-ring (bicyclic) bond motifs is 2. The van der Waals surface area contributed by atoms with E-state index in [1.807, 2.05) is 17.1 Å². The molecule has 0 radical (unpaired) electrons. The quantitative estimate of drug-likeness (QED) is 0.763. The SMILES string of the molecule is COC1=CC=C2C(=NN=C2C(=O)N2CCN3CCCC3C2)C1. The summed E-state index contributed by atoms with van der Waals surface area (Å²) in [5.41, 5.74) is 2.19. The molecule has 2 saturated heterocycles. The molecule has 1 unspecified atom stereocenters. The van der Waals surface area contributed by atoms with Crippen molar-refractivity contribution in [1.82, 2.24) is 9.80 Å². The van der Waals surface area contributed by atoms with Crippen LogP contribution in [0.4, 0.5) is 0 Å². The fourth-order valence-corrected chi connectivity index (χ4v) is 3.68. The van der Waals surface area contributed by atoms with Crippen LogP contribution in [0.1, 0.15) is 19.3 Å². The molecule has 4 aliphatic rings. The van der Waals surface area contributed by atoms with Gasteiger partial charge in [0.15, 0.2) is 5.71 Å². The first kappa shape index (κ1) is 13.7. The molecule has 0 spiro atoms. The number of ether oxygens (including phenoxy) is 1. The van der Waals surface area contributed by atoms with Crippen molar-refractivity contribution in [3.05, 3.63) is 23.5 Å². The molecule has 1 amide bonds. The first-order valence-corrected chi connectivity index (χ1v) is 7.89. The molecule has 0 aromatic carbocycles. The Bertz CT molecular complexity index is 632. The third kappa shape index (κ3) is 2.18.